The van der Waals surface area contributed by atoms with E-state index in [1.807, 2.05) is 91.0 Å². The fourth-order valence-corrected chi connectivity index (χ4v) is 15.2. The van der Waals surface area contributed by atoms with Gasteiger partial charge in [0.15, 0.2) is 34.9 Å². The van der Waals surface area contributed by atoms with Crippen molar-refractivity contribution < 1.29 is 8.83 Å². The standard InChI is InChI=1S/C45H30N4O.C44H29N5O/c1-4-13-29(14-5-1)30-23-25-32(26-24-30)44-46-43(31-15-6-2-7-16-31)47-45(48-44)36-21-12-20-35-41-39(50-42(35)36)28-27-38-40(41)34-19-10-11-22-37(34)49(38)33-17-8-3-9-18-33;1-3-13-28(14-4-1)29-15-11-16-30(27-29)42-46-43(48-44(47-42)35-22-9-10-26-45-35)34-21-12-20-33-40-38(50-41(33)34)25-24-37-39(40)32-19-7-8-23-36(32)49(37)31-17-5-2-6-18-31/h1-28,38,40H;1-27,37,39H. The van der Waals surface area contributed by atoms with Gasteiger partial charge in [0.1, 0.15) is 28.4 Å². The number of furan rings is 2. The maximum Gasteiger partial charge on any atom is 0.182 e. The van der Waals surface area contributed by atoms with Gasteiger partial charge in [0.25, 0.3) is 0 Å². The first kappa shape index (κ1) is 58.1. The van der Waals surface area contributed by atoms with Crippen LogP contribution in [0.4, 0.5) is 22.7 Å². The predicted octanol–water partition coefficient (Wildman–Crippen LogP) is 21.3. The lowest BCUT2D eigenvalue weighted by Crippen LogP contribution is -2.30. The molecule has 0 spiro atoms. The lowest BCUT2D eigenvalue weighted by molar-refractivity contribution is 0.584. The van der Waals surface area contributed by atoms with Gasteiger partial charge in [0, 0.05) is 79.4 Å². The van der Waals surface area contributed by atoms with Crippen LogP contribution in [0.5, 0.6) is 0 Å². The molecule has 11 nitrogen and oxygen atoms in total. The third-order valence-electron chi connectivity index (χ3n) is 19.6. The van der Waals surface area contributed by atoms with Crippen molar-refractivity contribution in [1.82, 2.24) is 34.9 Å². The predicted molar refractivity (Wildman–Crippen MR) is 400 cm³/mol. The van der Waals surface area contributed by atoms with E-state index < -0.39 is 0 Å². The van der Waals surface area contributed by atoms with Crippen molar-refractivity contribution in [2.75, 3.05) is 9.80 Å². The Hall–Kier alpha value is -13.3. The summed E-state index contributed by atoms with van der Waals surface area (Å²) in [5.41, 5.74) is 20.9. The summed E-state index contributed by atoms with van der Waals surface area (Å²) in [6.45, 7) is 0. The molecule has 0 radical (unpaired) electrons. The Morgan fingerprint density at radius 3 is 1.19 bits per heavy atom. The molecule has 0 bridgehead atoms. The zero-order valence-electron chi connectivity index (χ0n) is 53.9. The van der Waals surface area contributed by atoms with E-state index in [0.29, 0.717) is 40.6 Å². The normalized spacial score (nSPS) is 15.9. The summed E-state index contributed by atoms with van der Waals surface area (Å²) in [6, 6.07) is 105. The van der Waals surface area contributed by atoms with Crippen molar-refractivity contribution in [3.8, 4) is 90.7 Å². The smallest absolute Gasteiger partial charge is 0.182 e. The van der Waals surface area contributed by atoms with Gasteiger partial charge in [-0.3, -0.25) is 4.98 Å². The van der Waals surface area contributed by atoms with Gasteiger partial charge in [-0.25, -0.2) is 29.9 Å². The molecule has 4 unspecified atom stereocenters. The maximum atomic E-state index is 6.79. The number of hydrogen-bond donors (Lipinski definition) is 0. The summed E-state index contributed by atoms with van der Waals surface area (Å²) in [5, 5.41) is 2.14. The van der Waals surface area contributed by atoms with E-state index in [4.69, 9.17) is 38.7 Å². The quantitative estimate of drug-likeness (QED) is 0.130. The highest BCUT2D eigenvalue weighted by Crippen LogP contribution is 2.56. The number of benzene rings is 11. The molecule has 0 saturated heterocycles. The van der Waals surface area contributed by atoms with Gasteiger partial charge >= 0.3 is 0 Å². The van der Waals surface area contributed by atoms with E-state index in [2.05, 4.69) is 251 Å². The molecule has 4 aliphatic rings. The Bertz CT molecular complexity index is 5830. The van der Waals surface area contributed by atoms with Gasteiger partial charge in [-0.15, -0.1) is 0 Å². The molecular weight excluding hydrogens is 1230 g/mol. The number of hydrogen-bond acceptors (Lipinski definition) is 11. The molecule has 0 saturated carbocycles. The van der Waals surface area contributed by atoms with Crippen LogP contribution in [0.25, 0.3) is 125 Å². The highest BCUT2D eigenvalue weighted by molar-refractivity contribution is 5.99. The summed E-state index contributed by atoms with van der Waals surface area (Å²) in [6.07, 6.45) is 10.6. The van der Waals surface area contributed by atoms with E-state index >= 15 is 0 Å². The molecule has 472 valence electrons. The summed E-state index contributed by atoms with van der Waals surface area (Å²) < 4.78 is 13.6. The summed E-state index contributed by atoms with van der Waals surface area (Å²) in [7, 11) is 0. The zero-order valence-corrected chi connectivity index (χ0v) is 53.9. The summed E-state index contributed by atoms with van der Waals surface area (Å²) in [4.78, 5) is 39.7. The average molecular weight is 1290 g/mol. The zero-order chi connectivity index (χ0) is 66.0. The fraction of sp³-hybridized carbons (Fsp3) is 0.0449. The molecular formula is C89H59N9O2. The Balaban J connectivity index is 0.000000139. The SMILES string of the molecule is C1=CC2C(c3ccccc3N2c2ccccc2)c2c1oc1c(-c3nc(-c4cccc(-c5ccccc5)c4)nc(-c4ccccn4)n3)cccc21.C1=CC2C(c3ccccc3N2c2ccccc2)c2c1oc1c(-c3nc(-c4ccccc4)nc(-c4ccc(-c5ccccc5)cc4)n3)cccc21. The van der Waals surface area contributed by atoms with Crippen LogP contribution in [0.2, 0.25) is 0 Å². The van der Waals surface area contributed by atoms with Crippen LogP contribution in [-0.4, -0.2) is 47.0 Å². The third kappa shape index (κ3) is 10.1. The van der Waals surface area contributed by atoms with Crippen LogP contribution in [-0.2, 0) is 0 Å². The fourth-order valence-electron chi connectivity index (χ4n) is 15.2. The average Bonchev–Trinajstić information content (AvgIpc) is 1.56. The Labute approximate surface area is 577 Å². The second kappa shape index (κ2) is 24.4. The minimum atomic E-state index is 0.0987. The topological polar surface area (TPSA) is 123 Å². The molecule has 0 N–H and O–H groups in total. The lowest BCUT2D eigenvalue weighted by atomic mass is 9.82. The molecule has 4 atom stereocenters. The minimum absolute atomic E-state index is 0.0987. The van der Waals surface area contributed by atoms with Crippen LogP contribution in [0, 0.1) is 0 Å². The van der Waals surface area contributed by atoms with E-state index in [0.717, 1.165) is 78.0 Å². The van der Waals surface area contributed by atoms with Gasteiger partial charge in [-0.1, -0.05) is 249 Å². The van der Waals surface area contributed by atoms with Gasteiger partial charge < -0.3 is 18.6 Å². The second-order valence-electron chi connectivity index (χ2n) is 25.4. The van der Waals surface area contributed by atoms with Crippen molar-refractivity contribution in [2.45, 2.75) is 23.9 Å². The van der Waals surface area contributed by atoms with E-state index in [1.54, 1.807) is 6.20 Å². The molecule has 11 aromatic carbocycles. The highest BCUT2D eigenvalue weighted by atomic mass is 16.3. The van der Waals surface area contributed by atoms with Crippen LogP contribution < -0.4 is 9.80 Å². The molecule has 16 aromatic rings. The molecule has 20 rings (SSSR count). The Morgan fingerprint density at radius 2 is 0.670 bits per heavy atom. The van der Waals surface area contributed by atoms with Crippen molar-refractivity contribution >= 4 is 56.8 Å². The number of aromatic nitrogens is 7. The van der Waals surface area contributed by atoms with Crippen molar-refractivity contribution in [3.63, 3.8) is 0 Å². The van der Waals surface area contributed by atoms with Gasteiger partial charge in [0.2, 0.25) is 0 Å². The molecule has 0 amide bonds. The maximum absolute atomic E-state index is 6.79. The van der Waals surface area contributed by atoms with Gasteiger partial charge in [-0.2, -0.15) is 0 Å². The van der Waals surface area contributed by atoms with Gasteiger partial charge in [0.05, 0.1) is 23.2 Å². The lowest BCUT2D eigenvalue weighted by Gasteiger charge is -2.30. The number of nitrogens with zero attached hydrogens (tertiary/aromatic N) is 9. The Morgan fingerprint density at radius 1 is 0.290 bits per heavy atom. The first-order chi connectivity index (χ1) is 49.6. The van der Waals surface area contributed by atoms with Crippen LogP contribution in [0.3, 0.4) is 0 Å². The largest absolute Gasteiger partial charge is 0.456 e. The van der Waals surface area contributed by atoms with Crippen molar-refractivity contribution in [3.05, 3.63) is 355 Å². The van der Waals surface area contributed by atoms with Crippen LogP contribution in [0.1, 0.15) is 45.6 Å². The number of rotatable bonds is 10. The van der Waals surface area contributed by atoms with E-state index in [9.17, 15) is 0 Å². The molecule has 2 aliphatic carbocycles. The first-order valence-corrected chi connectivity index (χ1v) is 33.8. The van der Waals surface area contributed by atoms with Crippen molar-refractivity contribution in [2.24, 2.45) is 0 Å². The number of fused-ring (bicyclic) bond motifs is 14. The third-order valence-corrected chi connectivity index (χ3v) is 19.6. The van der Waals surface area contributed by atoms with Gasteiger partial charge in [-0.05, 0) is 112 Å². The molecule has 0 fully saturated rings. The van der Waals surface area contributed by atoms with E-state index in [1.165, 1.54) is 50.6 Å². The minimum Gasteiger partial charge on any atom is -0.456 e. The molecule has 2 aliphatic heterocycles. The van der Waals surface area contributed by atoms with Crippen LogP contribution >= 0.6 is 0 Å². The molecule has 11 heteroatoms. The molecule has 5 aromatic heterocycles. The first-order valence-electron chi connectivity index (χ1n) is 33.8. The molecule has 7 heterocycles. The van der Waals surface area contributed by atoms with E-state index in [-0.39, 0.29) is 23.9 Å². The second-order valence-corrected chi connectivity index (χ2v) is 25.4. The summed E-state index contributed by atoms with van der Waals surface area (Å²) >= 11 is 0. The molecule has 100 heavy (non-hydrogen) atoms. The summed E-state index contributed by atoms with van der Waals surface area (Å²) in [5.74, 6) is 5.39. The Kier molecular flexibility index (Phi) is 14.2. The highest BCUT2D eigenvalue weighted by Gasteiger charge is 2.45. The number of para-hydroxylation sites is 6. The number of anilines is 4. The monoisotopic (exact) mass is 1290 g/mol. The van der Waals surface area contributed by atoms with Crippen molar-refractivity contribution in [1.29, 1.82) is 0 Å². The number of pyridine rings is 1. The van der Waals surface area contributed by atoms with Crippen LogP contribution in [0.15, 0.2) is 331 Å².